The van der Waals surface area contributed by atoms with E-state index in [0.717, 1.165) is 187 Å². The molecule has 18 nitrogen and oxygen atoms in total. The van der Waals surface area contributed by atoms with Crippen molar-refractivity contribution in [3.8, 4) is 116 Å². The van der Waals surface area contributed by atoms with E-state index in [4.69, 9.17) is 24.7 Å². The zero-order valence-electron chi connectivity index (χ0n) is 71.7. The number of nitriles is 8. The standard InChI is InChI=1S/C40H20N6.C39H19N7.C39H21N5/c1-44-36-8-4-2-6-31(36)28-19-29(45-37-9-5-3-7-32(37)33-16-25(22-41)10-13-38(33)45)21-30(20-28)46-39-14-11-26(23-42)17-34(39)35-18-27(24-43)12-15-40(35)46;1-43-33-8-4-2-6-28(33)27-19-38(45-34-9-5-3-7-29(34)30-16-24(21-40)10-13-35(30)45)44-39(20-27)46-36-14-11-25(22-41)17-31(36)32-18-26(23-42)12-15-37(32)46;1-42-35-11-5-2-8-30(35)27-20-28(43-36-12-6-3-9-31(36)33-18-25(23-40)14-16-38(33)43)22-29(21-27)44-37-13-7-4-10-32(37)34-19-26(24-41)15-17-39(34)44/h2-21H;2-20H;2-22H. The largest absolute Gasteiger partial charge is 0.309 e. The van der Waals surface area contributed by atoms with Crippen LogP contribution >= 0.6 is 0 Å². The van der Waals surface area contributed by atoms with Crippen molar-refractivity contribution < 1.29 is 0 Å². The van der Waals surface area contributed by atoms with E-state index in [1.54, 1.807) is 18.2 Å². The number of hydrogen-bond acceptors (Lipinski definition) is 9. The van der Waals surface area contributed by atoms with Crippen LogP contribution in [-0.4, -0.2) is 32.4 Å². The molecule has 7 heterocycles. The SMILES string of the molecule is [C-]#[N+]c1ccccc1-c1cc(-n2c3ccccc3c3cc(C#N)ccc32)cc(-n2c3ccc(C#N)cc3c3cc(C#N)ccc32)c1.[C-]#[N+]c1ccccc1-c1cc(-n2c3ccccc3c3cc(C#N)ccc32)cc(-n2c3ccccc3c3cc(C#N)ccc32)c1.[C-]#[N+]c1ccccc1-c1cc(-n2c3ccccc3c3cc(C#N)ccc32)nc(-n2c3ccc(C#N)cc3c3cc(C#N)ccc32)c1. The fraction of sp³-hybridized carbons (Fsp3) is 0. The van der Waals surface area contributed by atoms with Crippen molar-refractivity contribution >= 4 is 148 Å². The van der Waals surface area contributed by atoms with Crippen molar-refractivity contribution in [2.45, 2.75) is 0 Å². The third-order valence-corrected chi connectivity index (χ3v) is 25.4. The van der Waals surface area contributed by atoms with Gasteiger partial charge in [-0.3, -0.25) is 9.13 Å². The Morgan fingerprint density at radius 2 is 0.368 bits per heavy atom. The summed E-state index contributed by atoms with van der Waals surface area (Å²) in [4.78, 5) is 16.8. The van der Waals surface area contributed by atoms with Crippen LogP contribution in [0.25, 0.3) is 213 Å². The highest BCUT2D eigenvalue weighted by Gasteiger charge is 2.26. The number of rotatable bonds is 9. The van der Waals surface area contributed by atoms with Crippen LogP contribution in [0.2, 0.25) is 0 Å². The second kappa shape index (κ2) is 33.1. The summed E-state index contributed by atoms with van der Waals surface area (Å²) < 4.78 is 13.0. The number of hydrogen-bond donors (Lipinski definition) is 0. The monoisotopic (exact) mass is 1730 g/mol. The zero-order chi connectivity index (χ0) is 92.5. The first-order chi connectivity index (χ1) is 66.9. The summed E-state index contributed by atoms with van der Waals surface area (Å²) in [6.07, 6.45) is 0. The zero-order valence-corrected chi connectivity index (χ0v) is 71.7. The summed E-state index contributed by atoms with van der Waals surface area (Å²) in [5.74, 6) is 1.25. The molecule has 0 saturated heterocycles. The number of fused-ring (bicyclic) bond motifs is 18. The predicted molar refractivity (Wildman–Crippen MR) is 536 cm³/mol. The Kier molecular flexibility index (Phi) is 19.7. The average molecular weight is 1730 g/mol. The van der Waals surface area contributed by atoms with E-state index in [9.17, 15) is 42.1 Å². The smallest absolute Gasteiger partial charge is 0.194 e. The van der Waals surface area contributed by atoms with E-state index in [1.165, 1.54) is 0 Å². The molecule has 0 radical (unpaired) electrons. The highest BCUT2D eigenvalue weighted by Crippen LogP contribution is 2.46. The lowest BCUT2D eigenvalue weighted by Gasteiger charge is -2.16. The molecule has 0 amide bonds. The first-order valence-electron chi connectivity index (χ1n) is 43.2. The third-order valence-electron chi connectivity index (χ3n) is 25.4. The van der Waals surface area contributed by atoms with Gasteiger partial charge in [0.2, 0.25) is 0 Å². The summed E-state index contributed by atoms with van der Waals surface area (Å²) >= 11 is 0. The Labute approximate surface area is 776 Å². The van der Waals surface area contributed by atoms with Crippen molar-refractivity contribution in [1.29, 1.82) is 42.1 Å². The van der Waals surface area contributed by atoms with Gasteiger partial charge in [0.25, 0.3) is 0 Å². The predicted octanol–water partition coefficient (Wildman–Crippen LogP) is 28.7. The Morgan fingerprint density at radius 1 is 0.184 bits per heavy atom. The third kappa shape index (κ3) is 13.4. The lowest BCUT2D eigenvalue weighted by molar-refractivity contribution is 1.01. The summed E-state index contributed by atoms with van der Waals surface area (Å²) in [6.45, 7) is 23.7. The lowest BCUT2D eigenvalue weighted by atomic mass is 10.0. The van der Waals surface area contributed by atoms with Gasteiger partial charge in [-0.25, -0.2) is 19.5 Å². The summed E-state index contributed by atoms with van der Waals surface area (Å²) in [7, 11) is 0. The maximum atomic E-state index is 9.70. The van der Waals surface area contributed by atoms with Crippen LogP contribution in [0.5, 0.6) is 0 Å². The van der Waals surface area contributed by atoms with Crippen LogP contribution < -0.4 is 0 Å². The van der Waals surface area contributed by atoms with Gasteiger partial charge in [-0.2, -0.15) is 42.1 Å². The maximum absolute atomic E-state index is 9.70. The minimum absolute atomic E-state index is 0.518. The van der Waals surface area contributed by atoms with E-state index < -0.39 is 0 Å². The molecule has 0 spiro atoms. The maximum Gasteiger partial charge on any atom is 0.194 e. The highest BCUT2D eigenvalue weighted by atomic mass is 15.1. The number of benzene rings is 17. The minimum Gasteiger partial charge on any atom is -0.309 e. The molecule has 0 saturated carbocycles. The van der Waals surface area contributed by atoms with Gasteiger partial charge >= 0.3 is 0 Å². The molecule has 622 valence electrons. The summed E-state index contributed by atoms with van der Waals surface area (Å²) in [5.41, 5.74) is 26.1. The molecule has 24 aromatic rings. The molecule has 136 heavy (non-hydrogen) atoms. The molecule has 0 N–H and O–H groups in total. The second-order valence-electron chi connectivity index (χ2n) is 32.8. The van der Waals surface area contributed by atoms with Gasteiger partial charge in [0.1, 0.15) is 11.6 Å². The number of pyridine rings is 1. The highest BCUT2D eigenvalue weighted by molar-refractivity contribution is 6.16. The van der Waals surface area contributed by atoms with Crippen LogP contribution in [0.4, 0.5) is 17.1 Å². The van der Waals surface area contributed by atoms with Crippen molar-refractivity contribution in [3.05, 3.63) is 443 Å². The number of para-hydroxylation sites is 7. The lowest BCUT2D eigenvalue weighted by Crippen LogP contribution is -2.04. The van der Waals surface area contributed by atoms with Crippen LogP contribution in [-0.2, 0) is 0 Å². The van der Waals surface area contributed by atoms with Gasteiger partial charge < -0.3 is 18.3 Å². The van der Waals surface area contributed by atoms with E-state index >= 15 is 0 Å². The van der Waals surface area contributed by atoms with E-state index in [2.05, 4.69) is 159 Å². The molecule has 0 atom stereocenters. The quantitative estimate of drug-likeness (QED) is 0.125. The molecule has 24 rings (SSSR count). The molecule has 17 aromatic carbocycles. The molecule has 0 unspecified atom stereocenters. The van der Waals surface area contributed by atoms with Crippen molar-refractivity contribution in [2.24, 2.45) is 0 Å². The molecule has 0 bridgehead atoms. The van der Waals surface area contributed by atoms with Crippen molar-refractivity contribution in [3.63, 3.8) is 0 Å². The van der Waals surface area contributed by atoms with Crippen LogP contribution in [0, 0.1) is 110 Å². The Balaban J connectivity index is 0.000000118. The fourth-order valence-corrected chi connectivity index (χ4v) is 19.5. The first-order valence-corrected chi connectivity index (χ1v) is 43.2. The fourth-order valence-electron chi connectivity index (χ4n) is 19.5. The van der Waals surface area contributed by atoms with Crippen LogP contribution in [0.3, 0.4) is 0 Å². The van der Waals surface area contributed by atoms with Crippen LogP contribution in [0.1, 0.15) is 44.5 Å². The molecule has 0 fully saturated rings. The molecule has 0 aliphatic rings. The molecular weight excluding hydrogens is 1670 g/mol. The topological polar surface area (TPSA) is 246 Å². The molecule has 18 heteroatoms. The Hall–Kier alpha value is -20.9. The Morgan fingerprint density at radius 3 is 0.596 bits per heavy atom. The number of nitrogens with zero attached hydrogens (tertiary/aromatic N) is 18. The van der Waals surface area contributed by atoms with E-state index in [1.807, 2.05) is 278 Å². The average Bonchev–Trinajstić information content (AvgIpc) is 1.57. The van der Waals surface area contributed by atoms with Crippen molar-refractivity contribution in [2.75, 3.05) is 0 Å². The summed E-state index contributed by atoms with van der Waals surface area (Å²) in [5, 5.41) is 88.9. The van der Waals surface area contributed by atoms with Gasteiger partial charge in [0.15, 0.2) is 17.1 Å². The normalized spacial score (nSPS) is 11.0. The molecule has 7 aromatic heterocycles. The van der Waals surface area contributed by atoms with Gasteiger partial charge in [0, 0.05) is 87.4 Å². The van der Waals surface area contributed by atoms with E-state index in [-0.39, 0.29) is 0 Å². The minimum atomic E-state index is 0.518. The van der Waals surface area contributed by atoms with Gasteiger partial charge in [0.05, 0.1) is 179 Å². The molecular formula is C118H60N18. The van der Waals surface area contributed by atoms with Crippen LogP contribution in [0.15, 0.2) is 364 Å². The summed E-state index contributed by atoms with van der Waals surface area (Å²) in [6, 6.07) is 136. The first kappa shape index (κ1) is 80.9. The second-order valence-corrected chi connectivity index (χ2v) is 32.8. The molecule has 0 aliphatic carbocycles. The number of aromatic nitrogens is 7. The van der Waals surface area contributed by atoms with Crippen molar-refractivity contribution in [1.82, 2.24) is 32.4 Å². The van der Waals surface area contributed by atoms with Gasteiger partial charge in [-0.05, 0) is 252 Å². The van der Waals surface area contributed by atoms with Gasteiger partial charge in [-0.15, -0.1) is 0 Å². The van der Waals surface area contributed by atoms with E-state index in [0.29, 0.717) is 73.2 Å². The Bertz CT molecular complexity index is 9210. The molecule has 0 aliphatic heterocycles. The van der Waals surface area contributed by atoms with Gasteiger partial charge in [-0.1, -0.05) is 146 Å².